The fourth-order valence-corrected chi connectivity index (χ4v) is 2.81. The van der Waals surface area contributed by atoms with E-state index in [1.54, 1.807) is 24.3 Å². The second kappa shape index (κ2) is 7.89. The number of hydrogen-bond donors (Lipinski definition) is 1. The number of ether oxygens (including phenoxy) is 1. The predicted molar refractivity (Wildman–Crippen MR) is 103 cm³/mol. The minimum atomic E-state index is -0.986. The zero-order valence-electron chi connectivity index (χ0n) is 13.6. The third-order valence-corrected chi connectivity index (χ3v) is 4.02. The van der Waals surface area contributed by atoms with Gasteiger partial charge in [-0.1, -0.05) is 34.0 Å². The SMILES string of the molecule is C#CCOc1ccc(Br)cc1/C=C(\CC(=O)O)c1nc2ccccc2o1. The fourth-order valence-electron chi connectivity index (χ4n) is 2.43. The summed E-state index contributed by atoms with van der Waals surface area (Å²) in [6.45, 7) is 0.111. The van der Waals surface area contributed by atoms with E-state index in [0.717, 1.165) is 4.47 Å². The highest BCUT2D eigenvalue weighted by molar-refractivity contribution is 9.10. The van der Waals surface area contributed by atoms with Crippen LogP contribution < -0.4 is 4.74 Å². The standard InChI is InChI=1S/C20H14BrNO4/c1-2-9-25-17-8-7-15(21)11-13(17)10-14(12-19(23)24)20-22-16-5-3-4-6-18(16)26-20/h1,3-8,10-11H,9,12H2,(H,23,24)/b14-10+. The van der Waals surface area contributed by atoms with Crippen LogP contribution in [0.5, 0.6) is 5.75 Å². The molecule has 0 fully saturated rings. The van der Waals surface area contributed by atoms with Gasteiger partial charge in [0.25, 0.3) is 0 Å². The molecule has 3 rings (SSSR count). The van der Waals surface area contributed by atoms with Crippen molar-refractivity contribution >= 4 is 44.6 Å². The zero-order valence-corrected chi connectivity index (χ0v) is 15.2. The van der Waals surface area contributed by atoms with Crippen LogP contribution in [0.4, 0.5) is 0 Å². The molecule has 3 aromatic rings. The van der Waals surface area contributed by atoms with Gasteiger partial charge in [0.2, 0.25) is 5.89 Å². The van der Waals surface area contributed by atoms with Gasteiger partial charge < -0.3 is 14.3 Å². The number of aliphatic carboxylic acids is 1. The van der Waals surface area contributed by atoms with Gasteiger partial charge in [0, 0.05) is 15.6 Å². The number of carbonyl (C=O) groups is 1. The van der Waals surface area contributed by atoms with Crippen LogP contribution in [0.25, 0.3) is 22.7 Å². The molecule has 0 atom stereocenters. The molecule has 0 aliphatic heterocycles. The Kier molecular flexibility index (Phi) is 5.40. The van der Waals surface area contributed by atoms with Crippen molar-refractivity contribution in [3.05, 3.63) is 58.4 Å². The number of carboxylic acids is 1. The second-order valence-corrected chi connectivity index (χ2v) is 6.32. The lowest BCUT2D eigenvalue weighted by atomic mass is 10.1. The molecule has 0 saturated heterocycles. The topological polar surface area (TPSA) is 72.6 Å². The molecule has 2 aromatic carbocycles. The van der Waals surface area contributed by atoms with Crippen molar-refractivity contribution in [3.63, 3.8) is 0 Å². The Balaban J connectivity index is 2.09. The molecule has 0 saturated carbocycles. The van der Waals surface area contributed by atoms with Crippen LogP contribution in [0.15, 0.2) is 51.4 Å². The van der Waals surface area contributed by atoms with Crippen LogP contribution in [0.2, 0.25) is 0 Å². The summed E-state index contributed by atoms with van der Waals surface area (Å²) in [6, 6.07) is 12.7. The van der Waals surface area contributed by atoms with E-state index in [9.17, 15) is 9.90 Å². The van der Waals surface area contributed by atoms with Gasteiger partial charge in [-0.05, 0) is 36.4 Å². The van der Waals surface area contributed by atoms with Gasteiger partial charge in [0.15, 0.2) is 5.58 Å². The van der Waals surface area contributed by atoms with Crippen molar-refractivity contribution in [1.29, 1.82) is 0 Å². The maximum atomic E-state index is 11.3. The first kappa shape index (κ1) is 17.8. The van der Waals surface area contributed by atoms with Crippen LogP contribution in [0.3, 0.4) is 0 Å². The van der Waals surface area contributed by atoms with Gasteiger partial charge >= 0.3 is 5.97 Å². The second-order valence-electron chi connectivity index (χ2n) is 5.40. The first-order chi connectivity index (χ1) is 12.6. The Hall–Kier alpha value is -3.04. The van der Waals surface area contributed by atoms with E-state index in [4.69, 9.17) is 15.6 Å². The highest BCUT2D eigenvalue weighted by Gasteiger charge is 2.15. The van der Waals surface area contributed by atoms with Gasteiger partial charge in [-0.3, -0.25) is 4.79 Å². The average molecular weight is 412 g/mol. The number of hydrogen-bond acceptors (Lipinski definition) is 4. The first-order valence-corrected chi connectivity index (χ1v) is 8.50. The average Bonchev–Trinajstić information content (AvgIpc) is 3.04. The van der Waals surface area contributed by atoms with Crippen LogP contribution in [-0.2, 0) is 4.79 Å². The van der Waals surface area contributed by atoms with E-state index >= 15 is 0 Å². The van der Waals surface area contributed by atoms with Crippen molar-refractivity contribution in [2.75, 3.05) is 6.61 Å². The molecule has 1 aromatic heterocycles. The third-order valence-electron chi connectivity index (χ3n) is 3.52. The summed E-state index contributed by atoms with van der Waals surface area (Å²) in [5, 5.41) is 9.29. The molecule has 0 aliphatic carbocycles. The Morgan fingerprint density at radius 1 is 1.35 bits per heavy atom. The number of terminal acetylenes is 1. The van der Waals surface area contributed by atoms with Crippen LogP contribution in [0, 0.1) is 12.3 Å². The number of rotatable bonds is 6. The van der Waals surface area contributed by atoms with E-state index in [0.29, 0.717) is 28.0 Å². The molecule has 26 heavy (non-hydrogen) atoms. The Morgan fingerprint density at radius 3 is 2.88 bits per heavy atom. The molecular weight excluding hydrogens is 398 g/mol. The molecule has 0 spiro atoms. The number of nitrogens with zero attached hydrogens (tertiary/aromatic N) is 1. The van der Waals surface area contributed by atoms with Crippen molar-refractivity contribution in [3.8, 4) is 18.1 Å². The summed E-state index contributed by atoms with van der Waals surface area (Å²) >= 11 is 3.41. The lowest BCUT2D eigenvalue weighted by Crippen LogP contribution is -1.99. The molecule has 0 unspecified atom stereocenters. The maximum absolute atomic E-state index is 11.3. The predicted octanol–water partition coefficient (Wildman–Crippen LogP) is 4.62. The smallest absolute Gasteiger partial charge is 0.308 e. The minimum Gasteiger partial charge on any atom is -0.481 e. The van der Waals surface area contributed by atoms with E-state index in [1.807, 2.05) is 24.3 Å². The Bertz CT molecular complexity index is 997. The number of halogens is 1. The molecule has 0 radical (unpaired) electrons. The monoisotopic (exact) mass is 411 g/mol. The molecular formula is C20H14BrNO4. The first-order valence-electron chi connectivity index (χ1n) is 7.71. The van der Waals surface area contributed by atoms with Gasteiger partial charge in [-0.15, -0.1) is 6.42 Å². The number of para-hydroxylation sites is 2. The van der Waals surface area contributed by atoms with E-state index in [2.05, 4.69) is 26.8 Å². The van der Waals surface area contributed by atoms with Crippen LogP contribution in [0.1, 0.15) is 17.9 Å². The molecule has 0 bridgehead atoms. The quantitative estimate of drug-likeness (QED) is 0.599. The molecule has 1 heterocycles. The highest BCUT2D eigenvalue weighted by Crippen LogP contribution is 2.30. The minimum absolute atomic E-state index is 0.111. The largest absolute Gasteiger partial charge is 0.481 e. The van der Waals surface area contributed by atoms with Crippen molar-refractivity contribution in [1.82, 2.24) is 4.98 Å². The van der Waals surface area contributed by atoms with E-state index < -0.39 is 5.97 Å². The molecule has 130 valence electrons. The molecule has 1 N–H and O–H groups in total. The van der Waals surface area contributed by atoms with Gasteiger partial charge in [-0.25, -0.2) is 4.98 Å². The van der Waals surface area contributed by atoms with E-state index in [1.165, 1.54) is 0 Å². The zero-order chi connectivity index (χ0) is 18.5. The number of carboxylic acid groups (broad SMARTS) is 1. The number of benzene rings is 2. The summed E-state index contributed by atoms with van der Waals surface area (Å²) in [5.74, 6) is 2.23. The molecule has 5 nitrogen and oxygen atoms in total. The summed E-state index contributed by atoms with van der Waals surface area (Å²) in [7, 11) is 0. The normalized spacial score (nSPS) is 11.3. The summed E-state index contributed by atoms with van der Waals surface area (Å²) in [5.41, 5.74) is 2.36. The summed E-state index contributed by atoms with van der Waals surface area (Å²) < 4.78 is 12.1. The van der Waals surface area contributed by atoms with Crippen molar-refractivity contribution in [2.45, 2.75) is 6.42 Å². The summed E-state index contributed by atoms with van der Waals surface area (Å²) in [6.07, 6.45) is 6.70. The number of fused-ring (bicyclic) bond motifs is 1. The fraction of sp³-hybridized carbons (Fsp3) is 0.100. The molecule has 0 amide bonds. The summed E-state index contributed by atoms with van der Waals surface area (Å²) in [4.78, 5) is 15.7. The van der Waals surface area contributed by atoms with Crippen molar-refractivity contribution < 1.29 is 19.1 Å². The number of aromatic nitrogens is 1. The molecule has 6 heteroatoms. The lowest BCUT2D eigenvalue weighted by Gasteiger charge is -2.08. The van der Waals surface area contributed by atoms with Crippen LogP contribution >= 0.6 is 15.9 Å². The Labute approximate surface area is 158 Å². The van der Waals surface area contributed by atoms with Gasteiger partial charge in [0.1, 0.15) is 17.9 Å². The van der Waals surface area contributed by atoms with E-state index in [-0.39, 0.29) is 18.9 Å². The van der Waals surface area contributed by atoms with Crippen LogP contribution in [-0.4, -0.2) is 22.7 Å². The third kappa shape index (κ3) is 4.13. The number of oxazole rings is 1. The Morgan fingerprint density at radius 2 is 2.15 bits per heavy atom. The molecule has 0 aliphatic rings. The van der Waals surface area contributed by atoms with Crippen molar-refractivity contribution in [2.24, 2.45) is 0 Å². The van der Waals surface area contributed by atoms with Gasteiger partial charge in [0.05, 0.1) is 6.42 Å². The lowest BCUT2D eigenvalue weighted by molar-refractivity contribution is -0.135. The van der Waals surface area contributed by atoms with Gasteiger partial charge in [-0.2, -0.15) is 0 Å². The highest BCUT2D eigenvalue weighted by atomic mass is 79.9. The maximum Gasteiger partial charge on any atom is 0.308 e.